The van der Waals surface area contributed by atoms with Crippen molar-refractivity contribution in [3.05, 3.63) is 23.2 Å². The van der Waals surface area contributed by atoms with Gasteiger partial charge in [0.25, 0.3) is 0 Å². The molecule has 0 aliphatic carbocycles. The smallest absolute Gasteiger partial charge is 0.242 e. The summed E-state index contributed by atoms with van der Waals surface area (Å²) in [5.41, 5.74) is 0. The summed E-state index contributed by atoms with van der Waals surface area (Å²) >= 11 is 6.00. The summed E-state index contributed by atoms with van der Waals surface area (Å²) in [6.07, 6.45) is 1.61. The zero-order valence-electron chi connectivity index (χ0n) is 11.6. The van der Waals surface area contributed by atoms with E-state index in [9.17, 15) is 8.42 Å². The number of benzene rings is 1. The fourth-order valence-electron chi connectivity index (χ4n) is 2.23. The van der Waals surface area contributed by atoms with Crippen LogP contribution < -0.4 is 9.46 Å². The number of methoxy groups -OCH3 is 1. The molecule has 0 bridgehead atoms. The van der Waals surface area contributed by atoms with Crippen molar-refractivity contribution in [3.8, 4) is 5.75 Å². The summed E-state index contributed by atoms with van der Waals surface area (Å²) in [5, 5.41) is 0.200. The van der Waals surface area contributed by atoms with Crippen molar-refractivity contribution in [2.24, 2.45) is 0 Å². The number of nitrogens with zero attached hydrogens (tertiary/aromatic N) is 1. The molecule has 1 aliphatic heterocycles. The number of sulfonamides is 1. The van der Waals surface area contributed by atoms with E-state index in [0.717, 1.165) is 25.9 Å². The summed E-state index contributed by atoms with van der Waals surface area (Å²) in [6, 6.07) is 4.57. The van der Waals surface area contributed by atoms with E-state index in [-0.39, 0.29) is 16.0 Å². The van der Waals surface area contributed by atoms with E-state index in [2.05, 4.69) is 9.62 Å². The van der Waals surface area contributed by atoms with Crippen LogP contribution in [0.1, 0.15) is 12.8 Å². The van der Waals surface area contributed by atoms with Crippen LogP contribution in [-0.4, -0.2) is 46.6 Å². The van der Waals surface area contributed by atoms with Crippen LogP contribution in [-0.2, 0) is 10.0 Å². The van der Waals surface area contributed by atoms with Crippen LogP contribution in [0.3, 0.4) is 0 Å². The van der Waals surface area contributed by atoms with E-state index in [1.165, 1.54) is 19.2 Å². The molecule has 2 rings (SSSR count). The van der Waals surface area contributed by atoms with E-state index in [4.69, 9.17) is 16.3 Å². The third-order valence-electron chi connectivity index (χ3n) is 3.47. The lowest BCUT2D eigenvalue weighted by Crippen LogP contribution is -2.43. The van der Waals surface area contributed by atoms with Gasteiger partial charge >= 0.3 is 0 Å². The number of hydrogen-bond acceptors (Lipinski definition) is 4. The van der Waals surface area contributed by atoms with Crippen molar-refractivity contribution in [3.63, 3.8) is 0 Å². The Labute approximate surface area is 124 Å². The second kappa shape index (κ2) is 6.30. The lowest BCUT2D eigenvalue weighted by Gasteiger charge is -2.29. The van der Waals surface area contributed by atoms with Gasteiger partial charge in [0.05, 0.1) is 12.1 Å². The van der Waals surface area contributed by atoms with Crippen molar-refractivity contribution in [1.29, 1.82) is 0 Å². The van der Waals surface area contributed by atoms with Gasteiger partial charge in [-0.2, -0.15) is 0 Å². The largest absolute Gasteiger partial charge is 0.497 e. The molecule has 0 spiro atoms. The Bertz CT molecular complexity index is 569. The first-order valence-corrected chi connectivity index (χ1v) is 8.33. The first-order valence-electron chi connectivity index (χ1n) is 6.47. The predicted octanol–water partition coefficient (Wildman–Crippen LogP) is 1.72. The van der Waals surface area contributed by atoms with Crippen molar-refractivity contribution < 1.29 is 13.2 Å². The summed E-state index contributed by atoms with van der Waals surface area (Å²) in [4.78, 5) is 2.25. The number of nitrogens with one attached hydrogen (secondary N) is 1. The van der Waals surface area contributed by atoms with Crippen LogP contribution in [0.25, 0.3) is 0 Å². The molecule has 0 saturated carbocycles. The molecule has 7 heteroatoms. The Hall–Kier alpha value is -0.820. The maximum Gasteiger partial charge on any atom is 0.242 e. The van der Waals surface area contributed by atoms with E-state index in [1.54, 1.807) is 6.07 Å². The molecule has 1 fully saturated rings. The minimum absolute atomic E-state index is 0.0431. The Morgan fingerprint density at radius 1 is 1.35 bits per heavy atom. The average molecular weight is 319 g/mol. The van der Waals surface area contributed by atoms with E-state index in [1.807, 2.05) is 7.05 Å². The SMILES string of the molecule is COc1ccc(Cl)c(S(=O)(=O)NC2CCN(C)CC2)c1. The van der Waals surface area contributed by atoms with Gasteiger partial charge in [0.2, 0.25) is 10.0 Å². The first-order chi connectivity index (χ1) is 9.42. The predicted molar refractivity (Wildman–Crippen MR) is 78.8 cm³/mol. The lowest BCUT2D eigenvalue weighted by molar-refractivity contribution is 0.248. The van der Waals surface area contributed by atoms with Crippen LogP contribution in [0.4, 0.5) is 0 Å². The molecule has 0 unspecified atom stereocenters. The van der Waals surface area contributed by atoms with Crippen LogP contribution in [0.2, 0.25) is 5.02 Å². The van der Waals surface area contributed by atoms with Gasteiger partial charge in [-0.05, 0) is 45.1 Å². The number of piperidine rings is 1. The fourth-order valence-corrected chi connectivity index (χ4v) is 4.05. The van der Waals surface area contributed by atoms with Crippen molar-refractivity contribution in [2.75, 3.05) is 27.2 Å². The molecular formula is C13H19ClN2O3S. The zero-order valence-corrected chi connectivity index (χ0v) is 13.2. The molecule has 20 heavy (non-hydrogen) atoms. The molecule has 1 aliphatic rings. The molecule has 1 heterocycles. The number of rotatable bonds is 4. The molecule has 1 N–H and O–H groups in total. The topological polar surface area (TPSA) is 58.6 Å². The highest BCUT2D eigenvalue weighted by atomic mass is 35.5. The lowest BCUT2D eigenvalue weighted by atomic mass is 10.1. The zero-order chi connectivity index (χ0) is 14.8. The average Bonchev–Trinajstić information content (AvgIpc) is 2.41. The second-order valence-electron chi connectivity index (χ2n) is 5.00. The van der Waals surface area contributed by atoms with Crippen molar-refractivity contribution in [1.82, 2.24) is 9.62 Å². The summed E-state index contributed by atoms with van der Waals surface area (Å²) in [6.45, 7) is 1.78. The van der Waals surface area contributed by atoms with Gasteiger partial charge in [-0.3, -0.25) is 0 Å². The monoisotopic (exact) mass is 318 g/mol. The summed E-state index contributed by atoms with van der Waals surface area (Å²) in [7, 11) is -0.0996. The molecule has 0 aromatic heterocycles. The van der Waals surface area contributed by atoms with Gasteiger partial charge in [0.15, 0.2) is 0 Å². The van der Waals surface area contributed by atoms with E-state index in [0.29, 0.717) is 5.75 Å². The maximum absolute atomic E-state index is 12.4. The minimum atomic E-state index is -3.62. The summed E-state index contributed by atoms with van der Waals surface area (Å²) < 4.78 is 32.6. The molecule has 0 atom stereocenters. The Morgan fingerprint density at radius 3 is 2.60 bits per heavy atom. The normalized spacial score (nSPS) is 18.1. The van der Waals surface area contributed by atoms with Crippen LogP contribution in [0.5, 0.6) is 5.75 Å². The van der Waals surface area contributed by atoms with Gasteiger partial charge in [0.1, 0.15) is 10.6 Å². The van der Waals surface area contributed by atoms with Crippen molar-refractivity contribution in [2.45, 2.75) is 23.8 Å². The van der Waals surface area contributed by atoms with Crippen LogP contribution in [0.15, 0.2) is 23.1 Å². The fraction of sp³-hybridized carbons (Fsp3) is 0.538. The van der Waals surface area contributed by atoms with Crippen molar-refractivity contribution >= 4 is 21.6 Å². The number of ether oxygens (including phenoxy) is 1. The maximum atomic E-state index is 12.4. The quantitative estimate of drug-likeness (QED) is 0.918. The molecular weight excluding hydrogens is 300 g/mol. The Balaban J connectivity index is 2.18. The third-order valence-corrected chi connectivity index (χ3v) is 5.47. The highest BCUT2D eigenvalue weighted by Crippen LogP contribution is 2.26. The molecule has 1 aromatic rings. The molecule has 1 aromatic carbocycles. The van der Waals surface area contributed by atoms with E-state index >= 15 is 0 Å². The molecule has 0 amide bonds. The van der Waals surface area contributed by atoms with E-state index < -0.39 is 10.0 Å². The summed E-state index contributed by atoms with van der Waals surface area (Å²) in [5.74, 6) is 0.471. The van der Waals surface area contributed by atoms with Gasteiger partial charge in [-0.1, -0.05) is 11.6 Å². The number of halogens is 1. The minimum Gasteiger partial charge on any atom is -0.497 e. The second-order valence-corrected chi connectivity index (χ2v) is 7.08. The van der Waals surface area contributed by atoms with Crippen LogP contribution in [0, 0.1) is 0 Å². The van der Waals surface area contributed by atoms with Gasteiger partial charge in [-0.25, -0.2) is 13.1 Å². The van der Waals surface area contributed by atoms with Crippen LogP contribution >= 0.6 is 11.6 Å². The molecule has 1 saturated heterocycles. The van der Waals surface area contributed by atoms with Gasteiger partial charge in [-0.15, -0.1) is 0 Å². The number of hydrogen-bond donors (Lipinski definition) is 1. The highest BCUT2D eigenvalue weighted by molar-refractivity contribution is 7.89. The third kappa shape index (κ3) is 3.63. The standard InChI is InChI=1S/C13H19ClN2O3S/c1-16-7-5-10(6-8-16)15-20(17,18)13-9-11(19-2)3-4-12(13)14/h3-4,9-10,15H,5-8H2,1-2H3. The molecule has 0 radical (unpaired) electrons. The Kier molecular flexibility index (Phi) is 4.90. The Morgan fingerprint density at radius 2 is 2.00 bits per heavy atom. The molecule has 112 valence electrons. The van der Waals surface area contributed by atoms with Gasteiger partial charge < -0.3 is 9.64 Å². The first kappa shape index (κ1) is 15.6. The highest BCUT2D eigenvalue weighted by Gasteiger charge is 2.25. The number of likely N-dealkylation sites (tertiary alicyclic amines) is 1. The molecule has 5 nitrogen and oxygen atoms in total. The van der Waals surface area contributed by atoms with Gasteiger partial charge in [0, 0.05) is 12.1 Å².